The van der Waals surface area contributed by atoms with Gasteiger partial charge >= 0.3 is 0 Å². The average Bonchev–Trinajstić information content (AvgIpc) is 2.86. The Labute approximate surface area is 195 Å². The number of aromatic nitrogens is 1. The lowest BCUT2D eigenvalue weighted by Gasteiger charge is -2.09. The first-order valence-electron chi connectivity index (χ1n) is 10.0. The van der Waals surface area contributed by atoms with E-state index in [-0.39, 0.29) is 10.6 Å². The number of hydrazone groups is 1. The van der Waals surface area contributed by atoms with E-state index in [1.807, 2.05) is 0 Å². The molecule has 0 aliphatic carbocycles. The van der Waals surface area contributed by atoms with Gasteiger partial charge in [-0.3, -0.25) is 14.5 Å². The first kappa shape index (κ1) is 22.7. The third-order valence-electron chi connectivity index (χ3n) is 4.92. The summed E-state index contributed by atoms with van der Waals surface area (Å²) >= 11 is 0. The van der Waals surface area contributed by atoms with E-state index in [0.29, 0.717) is 33.5 Å². The Morgan fingerprint density at radius 3 is 2.47 bits per heavy atom. The molecule has 4 aromatic rings. The SMILES string of the molecule is COc1ccc(S(=O)(=O)Nc2ccc(C(=O)N/N=C/c3ccc(O)c4ncccc34)cc2)cc1. The number of rotatable bonds is 7. The second kappa shape index (κ2) is 9.59. The molecule has 3 aromatic carbocycles. The van der Waals surface area contributed by atoms with Gasteiger partial charge in [-0.2, -0.15) is 5.10 Å². The summed E-state index contributed by atoms with van der Waals surface area (Å²) in [7, 11) is -2.29. The normalized spacial score (nSPS) is 11.4. The monoisotopic (exact) mass is 476 g/mol. The van der Waals surface area contributed by atoms with Crippen LogP contribution in [0.15, 0.2) is 89.0 Å². The summed E-state index contributed by atoms with van der Waals surface area (Å²) < 4.78 is 32.6. The van der Waals surface area contributed by atoms with E-state index < -0.39 is 15.9 Å². The van der Waals surface area contributed by atoms with E-state index in [2.05, 4.69) is 20.2 Å². The molecule has 0 atom stereocenters. The minimum absolute atomic E-state index is 0.0551. The van der Waals surface area contributed by atoms with Crippen LogP contribution in [0.1, 0.15) is 15.9 Å². The van der Waals surface area contributed by atoms with E-state index >= 15 is 0 Å². The minimum Gasteiger partial charge on any atom is -0.506 e. The number of nitrogens with zero attached hydrogens (tertiary/aromatic N) is 2. The topological polar surface area (TPSA) is 130 Å². The molecule has 0 spiro atoms. The molecule has 10 heteroatoms. The molecule has 4 rings (SSSR count). The molecule has 0 saturated carbocycles. The van der Waals surface area contributed by atoms with Crippen molar-refractivity contribution >= 4 is 38.7 Å². The van der Waals surface area contributed by atoms with Crippen molar-refractivity contribution in [1.29, 1.82) is 0 Å². The molecule has 0 unspecified atom stereocenters. The third kappa shape index (κ3) is 4.97. The summed E-state index contributed by atoms with van der Waals surface area (Å²) in [5.41, 5.74) is 4.13. The molecular formula is C24H20N4O5S. The molecular weight excluding hydrogens is 456 g/mol. The summed E-state index contributed by atoms with van der Waals surface area (Å²) in [6, 6.07) is 18.6. The number of methoxy groups -OCH3 is 1. The molecule has 0 aliphatic rings. The number of amides is 1. The Morgan fingerprint density at radius 1 is 1.03 bits per heavy atom. The first-order chi connectivity index (χ1) is 16.4. The Balaban J connectivity index is 1.42. The number of hydrogen-bond donors (Lipinski definition) is 3. The van der Waals surface area contributed by atoms with Crippen molar-refractivity contribution in [2.45, 2.75) is 4.90 Å². The fourth-order valence-electron chi connectivity index (χ4n) is 3.18. The Hall–Kier alpha value is -4.44. The van der Waals surface area contributed by atoms with Crippen LogP contribution in [-0.2, 0) is 10.0 Å². The second-order valence-electron chi connectivity index (χ2n) is 7.13. The summed E-state index contributed by atoms with van der Waals surface area (Å²) in [4.78, 5) is 16.6. The number of phenols is 1. The number of nitrogens with one attached hydrogen (secondary N) is 2. The summed E-state index contributed by atoms with van der Waals surface area (Å²) in [6.07, 6.45) is 3.03. The predicted molar refractivity (Wildman–Crippen MR) is 129 cm³/mol. The van der Waals surface area contributed by atoms with E-state index in [1.54, 1.807) is 36.5 Å². The maximum absolute atomic E-state index is 12.5. The second-order valence-corrected chi connectivity index (χ2v) is 8.81. The van der Waals surface area contributed by atoms with Crippen molar-refractivity contribution in [3.8, 4) is 11.5 Å². The van der Waals surface area contributed by atoms with Crippen LogP contribution in [0.3, 0.4) is 0 Å². The molecule has 0 aliphatic heterocycles. The molecule has 172 valence electrons. The Kier molecular flexibility index (Phi) is 6.42. The number of benzene rings is 3. The maximum Gasteiger partial charge on any atom is 0.271 e. The van der Waals surface area contributed by atoms with E-state index in [4.69, 9.17) is 4.74 Å². The molecule has 3 N–H and O–H groups in total. The lowest BCUT2D eigenvalue weighted by molar-refractivity contribution is 0.0955. The fourth-order valence-corrected chi connectivity index (χ4v) is 4.23. The molecule has 34 heavy (non-hydrogen) atoms. The molecule has 0 saturated heterocycles. The number of hydrogen-bond acceptors (Lipinski definition) is 7. The number of pyridine rings is 1. The van der Waals surface area contributed by atoms with Gasteiger partial charge in [0.1, 0.15) is 17.0 Å². The predicted octanol–water partition coefficient (Wildman–Crippen LogP) is 3.51. The van der Waals surface area contributed by atoms with Crippen LogP contribution >= 0.6 is 0 Å². The van der Waals surface area contributed by atoms with Gasteiger partial charge in [0.25, 0.3) is 15.9 Å². The third-order valence-corrected chi connectivity index (χ3v) is 6.32. The van der Waals surface area contributed by atoms with Crippen LogP contribution < -0.4 is 14.9 Å². The summed E-state index contributed by atoms with van der Waals surface area (Å²) in [6.45, 7) is 0. The Morgan fingerprint density at radius 2 is 1.76 bits per heavy atom. The van der Waals surface area contributed by atoms with Gasteiger partial charge in [0.05, 0.1) is 18.2 Å². The van der Waals surface area contributed by atoms with Gasteiger partial charge in [0.2, 0.25) is 0 Å². The number of fused-ring (bicyclic) bond motifs is 1. The van der Waals surface area contributed by atoms with Gasteiger partial charge in [0.15, 0.2) is 0 Å². The summed E-state index contributed by atoms with van der Waals surface area (Å²) in [5.74, 6) is 0.133. The van der Waals surface area contributed by atoms with Gasteiger partial charge in [0, 0.05) is 28.4 Å². The zero-order chi connectivity index (χ0) is 24.1. The maximum atomic E-state index is 12.5. The number of carbonyl (C=O) groups is 1. The largest absolute Gasteiger partial charge is 0.506 e. The molecule has 1 heterocycles. The molecule has 1 amide bonds. The first-order valence-corrected chi connectivity index (χ1v) is 11.5. The standard InChI is InChI=1S/C24H20N4O5S/c1-33-19-9-11-20(12-10-19)34(31,32)28-18-7-4-16(5-8-18)24(30)27-26-15-17-6-13-22(29)23-21(17)3-2-14-25-23/h2-15,28-29H,1H3,(H,27,30)/b26-15+. The van der Waals surface area contributed by atoms with Crippen molar-refractivity contribution < 1.29 is 23.1 Å². The quantitative estimate of drug-likeness (QED) is 0.276. The van der Waals surface area contributed by atoms with Crippen LogP contribution in [0.5, 0.6) is 11.5 Å². The van der Waals surface area contributed by atoms with Crippen LogP contribution in [0, 0.1) is 0 Å². The molecule has 0 bridgehead atoms. The van der Waals surface area contributed by atoms with E-state index in [0.717, 1.165) is 0 Å². The van der Waals surface area contributed by atoms with Crippen molar-refractivity contribution in [2.75, 3.05) is 11.8 Å². The average molecular weight is 477 g/mol. The van der Waals surface area contributed by atoms with E-state index in [1.165, 1.54) is 55.8 Å². The fraction of sp³-hybridized carbons (Fsp3) is 0.0417. The number of phenolic OH excluding ortho intramolecular Hbond substituents is 1. The van der Waals surface area contributed by atoms with Gasteiger partial charge in [-0.05, 0) is 66.7 Å². The molecule has 0 radical (unpaired) electrons. The number of ether oxygens (including phenoxy) is 1. The minimum atomic E-state index is -3.79. The molecule has 9 nitrogen and oxygen atoms in total. The van der Waals surface area contributed by atoms with Crippen molar-refractivity contribution in [3.63, 3.8) is 0 Å². The lowest BCUT2D eigenvalue weighted by Crippen LogP contribution is -2.18. The van der Waals surface area contributed by atoms with Gasteiger partial charge < -0.3 is 9.84 Å². The highest BCUT2D eigenvalue weighted by Gasteiger charge is 2.15. The van der Waals surface area contributed by atoms with E-state index in [9.17, 15) is 18.3 Å². The number of anilines is 1. The molecule has 1 aromatic heterocycles. The lowest BCUT2D eigenvalue weighted by atomic mass is 10.1. The van der Waals surface area contributed by atoms with Gasteiger partial charge in [-0.15, -0.1) is 0 Å². The number of carbonyl (C=O) groups excluding carboxylic acids is 1. The van der Waals surface area contributed by atoms with Crippen LogP contribution in [0.25, 0.3) is 10.9 Å². The number of sulfonamides is 1. The van der Waals surface area contributed by atoms with Crippen molar-refractivity contribution in [1.82, 2.24) is 10.4 Å². The highest BCUT2D eigenvalue weighted by atomic mass is 32.2. The highest BCUT2D eigenvalue weighted by molar-refractivity contribution is 7.92. The summed E-state index contributed by atoms with van der Waals surface area (Å²) in [5, 5.41) is 14.6. The molecule has 0 fully saturated rings. The van der Waals surface area contributed by atoms with Crippen molar-refractivity contribution in [2.24, 2.45) is 5.10 Å². The van der Waals surface area contributed by atoms with Gasteiger partial charge in [-0.25, -0.2) is 13.8 Å². The Bertz CT molecular complexity index is 1470. The van der Waals surface area contributed by atoms with Crippen molar-refractivity contribution in [3.05, 3.63) is 90.1 Å². The van der Waals surface area contributed by atoms with Gasteiger partial charge in [-0.1, -0.05) is 6.07 Å². The smallest absolute Gasteiger partial charge is 0.271 e. The van der Waals surface area contributed by atoms with Crippen LogP contribution in [0.2, 0.25) is 0 Å². The number of aromatic hydroxyl groups is 1. The zero-order valence-corrected chi connectivity index (χ0v) is 18.8. The van der Waals surface area contributed by atoms with Crippen LogP contribution in [0.4, 0.5) is 5.69 Å². The highest BCUT2D eigenvalue weighted by Crippen LogP contribution is 2.24. The zero-order valence-electron chi connectivity index (χ0n) is 18.0. The van der Waals surface area contributed by atoms with Crippen LogP contribution in [-0.4, -0.2) is 37.7 Å².